The summed E-state index contributed by atoms with van der Waals surface area (Å²) in [7, 11) is 1.59. The molecule has 0 saturated carbocycles. The van der Waals surface area contributed by atoms with E-state index in [1.165, 1.54) is 12.1 Å². The quantitative estimate of drug-likeness (QED) is 0.597. The summed E-state index contributed by atoms with van der Waals surface area (Å²) in [6.07, 6.45) is 0. The van der Waals surface area contributed by atoms with Crippen LogP contribution in [0.5, 0.6) is 11.5 Å². The summed E-state index contributed by atoms with van der Waals surface area (Å²) in [5.74, 6) is -1.53. The Bertz CT molecular complexity index is 1190. The maximum Gasteiger partial charge on any atom is 0.174 e. The van der Waals surface area contributed by atoms with Crippen molar-refractivity contribution in [1.82, 2.24) is 4.90 Å². The maximum absolute atomic E-state index is 13.6. The van der Waals surface area contributed by atoms with Crippen LogP contribution in [0.3, 0.4) is 0 Å². The molecule has 0 bridgehead atoms. The first kappa shape index (κ1) is 20.5. The van der Waals surface area contributed by atoms with Gasteiger partial charge in [-0.25, -0.2) is 8.78 Å². The molecule has 5 rings (SSSR count). The highest BCUT2D eigenvalue weighted by atomic mass is 19.2. The van der Waals surface area contributed by atoms with E-state index in [-0.39, 0.29) is 11.5 Å². The molecular weight excluding hydrogens is 414 g/mol. The molecular formula is C25H22F2N2O3. The Labute approximate surface area is 184 Å². The van der Waals surface area contributed by atoms with E-state index in [1.54, 1.807) is 25.3 Å². The summed E-state index contributed by atoms with van der Waals surface area (Å²) in [5.41, 5.74) is 2.12. The van der Waals surface area contributed by atoms with Crippen molar-refractivity contribution in [3.05, 3.63) is 89.0 Å². The van der Waals surface area contributed by atoms with E-state index in [9.17, 15) is 18.7 Å². The fraction of sp³-hybridized carbons (Fsp3) is 0.240. The minimum absolute atomic E-state index is 0.0388. The average molecular weight is 436 g/mol. The number of rotatable bonds is 4. The Kier molecular flexibility index (Phi) is 4.86. The minimum Gasteiger partial charge on any atom is -0.508 e. The summed E-state index contributed by atoms with van der Waals surface area (Å²) in [6.45, 7) is 1.55. The Hall–Kier alpha value is -3.45. The van der Waals surface area contributed by atoms with E-state index < -0.39 is 23.1 Å². The lowest BCUT2D eigenvalue weighted by molar-refractivity contribution is 0.0481. The molecule has 1 unspecified atom stereocenters. The van der Waals surface area contributed by atoms with E-state index in [2.05, 4.69) is 10.2 Å². The number of Topliss-reactive ketones (excluding diaryl/α,β-unsaturated/α-hetero) is 1. The summed E-state index contributed by atoms with van der Waals surface area (Å²) in [4.78, 5) is 15.7. The number of anilines is 1. The number of methoxy groups -OCH3 is 1. The molecule has 5 nitrogen and oxygen atoms in total. The molecule has 2 heterocycles. The lowest BCUT2D eigenvalue weighted by atomic mass is 9.67. The van der Waals surface area contributed by atoms with Gasteiger partial charge >= 0.3 is 0 Å². The number of benzene rings is 3. The van der Waals surface area contributed by atoms with Crippen molar-refractivity contribution in [2.45, 2.75) is 18.0 Å². The van der Waals surface area contributed by atoms with Crippen molar-refractivity contribution >= 4 is 11.5 Å². The zero-order valence-corrected chi connectivity index (χ0v) is 17.4. The Morgan fingerprint density at radius 1 is 1.06 bits per heavy atom. The predicted molar refractivity (Wildman–Crippen MR) is 116 cm³/mol. The second kappa shape index (κ2) is 7.60. The number of ketones is 1. The highest BCUT2D eigenvalue weighted by Gasteiger charge is 2.55. The molecule has 2 aliphatic heterocycles. The van der Waals surface area contributed by atoms with E-state index in [0.717, 1.165) is 11.6 Å². The maximum atomic E-state index is 13.6. The van der Waals surface area contributed by atoms with E-state index in [4.69, 9.17) is 4.74 Å². The molecule has 0 aliphatic carbocycles. The summed E-state index contributed by atoms with van der Waals surface area (Å²) < 4.78 is 32.1. The van der Waals surface area contributed by atoms with Crippen LogP contribution in [0.15, 0.2) is 60.7 Å². The lowest BCUT2D eigenvalue weighted by Gasteiger charge is -2.56. The van der Waals surface area contributed by atoms with Crippen LogP contribution in [-0.2, 0) is 6.54 Å². The van der Waals surface area contributed by atoms with Gasteiger partial charge in [-0.05, 0) is 53.6 Å². The molecule has 0 amide bonds. The monoisotopic (exact) mass is 436 g/mol. The fourth-order valence-corrected chi connectivity index (χ4v) is 4.88. The lowest BCUT2D eigenvalue weighted by Crippen LogP contribution is -2.70. The van der Waals surface area contributed by atoms with Crippen molar-refractivity contribution in [2.75, 3.05) is 25.5 Å². The molecule has 1 atom stereocenters. The fourth-order valence-electron chi connectivity index (χ4n) is 4.88. The number of ether oxygens (including phenoxy) is 1. The number of aromatic hydroxyl groups is 1. The first-order valence-corrected chi connectivity index (χ1v) is 10.3. The number of fused-ring (bicyclic) bond motifs is 1. The third kappa shape index (κ3) is 3.39. The number of carbonyl (C=O) groups is 1. The van der Waals surface area contributed by atoms with Crippen LogP contribution in [0.1, 0.15) is 27.4 Å². The smallest absolute Gasteiger partial charge is 0.174 e. The second-order valence-electron chi connectivity index (χ2n) is 8.48. The number of hydrogen-bond acceptors (Lipinski definition) is 5. The molecule has 3 aromatic rings. The Balaban J connectivity index is 1.46. The number of nitrogens with one attached hydrogen (secondary N) is 1. The van der Waals surface area contributed by atoms with Crippen LogP contribution >= 0.6 is 0 Å². The molecule has 164 valence electrons. The summed E-state index contributed by atoms with van der Waals surface area (Å²) in [6, 6.07) is 16.1. The van der Waals surface area contributed by atoms with E-state index in [0.29, 0.717) is 42.2 Å². The number of likely N-dealkylation sites (tertiary alicyclic amines) is 1. The number of hydrogen-bond donors (Lipinski definition) is 2. The number of halogens is 2. The van der Waals surface area contributed by atoms with Crippen LogP contribution in [0.2, 0.25) is 0 Å². The third-order valence-electron chi connectivity index (χ3n) is 6.32. The first-order chi connectivity index (χ1) is 15.4. The van der Waals surface area contributed by atoms with Gasteiger partial charge in [-0.3, -0.25) is 9.69 Å². The van der Waals surface area contributed by atoms with Crippen molar-refractivity contribution in [3.8, 4) is 11.5 Å². The average Bonchev–Trinajstić information content (AvgIpc) is 2.76. The van der Waals surface area contributed by atoms with Crippen molar-refractivity contribution in [3.63, 3.8) is 0 Å². The van der Waals surface area contributed by atoms with Gasteiger partial charge in [0, 0.05) is 30.9 Å². The molecule has 1 fully saturated rings. The molecule has 1 saturated heterocycles. The molecule has 3 aromatic carbocycles. The first-order valence-electron chi connectivity index (χ1n) is 10.3. The normalized spacial score (nSPS) is 19.2. The van der Waals surface area contributed by atoms with E-state index in [1.807, 2.05) is 24.3 Å². The van der Waals surface area contributed by atoms with Gasteiger partial charge < -0.3 is 15.2 Å². The third-order valence-corrected chi connectivity index (χ3v) is 6.32. The topological polar surface area (TPSA) is 61.8 Å². The summed E-state index contributed by atoms with van der Waals surface area (Å²) >= 11 is 0. The van der Waals surface area contributed by atoms with Crippen LogP contribution in [0, 0.1) is 11.6 Å². The zero-order valence-electron chi connectivity index (χ0n) is 17.4. The highest BCUT2D eigenvalue weighted by Crippen LogP contribution is 2.47. The van der Waals surface area contributed by atoms with Crippen molar-refractivity contribution in [1.29, 1.82) is 0 Å². The highest BCUT2D eigenvalue weighted by molar-refractivity contribution is 6.09. The van der Waals surface area contributed by atoms with Gasteiger partial charge in [-0.15, -0.1) is 0 Å². The van der Waals surface area contributed by atoms with Crippen LogP contribution in [0.25, 0.3) is 0 Å². The van der Waals surface area contributed by atoms with Crippen molar-refractivity contribution < 1.29 is 23.4 Å². The molecule has 7 heteroatoms. The predicted octanol–water partition coefficient (Wildman–Crippen LogP) is 4.33. The molecule has 2 N–H and O–H groups in total. The number of phenols is 1. The van der Waals surface area contributed by atoms with Gasteiger partial charge in [0.15, 0.2) is 17.4 Å². The van der Waals surface area contributed by atoms with Gasteiger partial charge in [0.1, 0.15) is 11.5 Å². The van der Waals surface area contributed by atoms with Gasteiger partial charge in [-0.1, -0.05) is 18.2 Å². The van der Waals surface area contributed by atoms with Crippen LogP contribution in [0.4, 0.5) is 14.5 Å². The number of phenolic OH excluding ortho intramolecular Hbond substituents is 1. The van der Waals surface area contributed by atoms with Gasteiger partial charge in [0.2, 0.25) is 0 Å². The molecule has 2 aliphatic rings. The van der Waals surface area contributed by atoms with Gasteiger partial charge in [0.05, 0.1) is 18.6 Å². The minimum atomic E-state index is -0.868. The van der Waals surface area contributed by atoms with E-state index >= 15 is 0 Å². The standard InChI is InChI=1S/C25H22F2N2O3/c1-32-18-6-3-16(4-7-18)23-24(31)19-11-17(30)5-9-22(19)28-25(23)13-29(14-25)12-15-2-8-20(26)21(27)10-15/h2-11,23,28,30H,12-14H2,1H3. The Morgan fingerprint density at radius 3 is 2.50 bits per heavy atom. The Morgan fingerprint density at radius 2 is 1.81 bits per heavy atom. The van der Waals surface area contributed by atoms with Gasteiger partial charge in [0.25, 0.3) is 0 Å². The van der Waals surface area contributed by atoms with Crippen LogP contribution in [-0.4, -0.2) is 41.5 Å². The molecule has 0 aromatic heterocycles. The largest absolute Gasteiger partial charge is 0.508 e. The van der Waals surface area contributed by atoms with Crippen LogP contribution < -0.4 is 10.1 Å². The summed E-state index contributed by atoms with van der Waals surface area (Å²) in [5, 5.41) is 13.5. The molecule has 32 heavy (non-hydrogen) atoms. The molecule has 0 radical (unpaired) electrons. The number of nitrogens with zero attached hydrogens (tertiary/aromatic N) is 1. The second-order valence-corrected chi connectivity index (χ2v) is 8.48. The molecule has 1 spiro atoms. The zero-order chi connectivity index (χ0) is 22.5. The van der Waals surface area contributed by atoms with Gasteiger partial charge in [-0.2, -0.15) is 0 Å². The SMILES string of the molecule is COc1ccc(C2C(=O)c3cc(O)ccc3NC23CN(Cc2ccc(F)c(F)c2)C3)cc1. The number of carbonyl (C=O) groups excluding carboxylic acids is 1. The van der Waals surface area contributed by atoms with Crippen molar-refractivity contribution in [2.24, 2.45) is 0 Å².